The number of ether oxygens (including phenoxy) is 2. The summed E-state index contributed by atoms with van der Waals surface area (Å²) in [5.41, 5.74) is 3.77. The molecule has 1 atom stereocenters. The molecule has 4 nitrogen and oxygen atoms in total. The molecule has 0 aliphatic carbocycles. The Labute approximate surface area is 153 Å². The summed E-state index contributed by atoms with van der Waals surface area (Å²) >= 11 is 0. The molecule has 0 amide bonds. The van der Waals surface area contributed by atoms with Crippen molar-refractivity contribution in [2.24, 2.45) is 0 Å². The topological polar surface area (TPSA) is 52.6 Å². The number of esters is 2. The van der Waals surface area contributed by atoms with Crippen LogP contribution >= 0.6 is 0 Å². The molecule has 0 N–H and O–H groups in total. The van der Waals surface area contributed by atoms with Crippen molar-refractivity contribution < 1.29 is 19.1 Å². The van der Waals surface area contributed by atoms with Gasteiger partial charge in [0.25, 0.3) is 0 Å². The Morgan fingerprint density at radius 3 is 2.38 bits per heavy atom. The van der Waals surface area contributed by atoms with Crippen LogP contribution in [-0.4, -0.2) is 24.6 Å². The van der Waals surface area contributed by atoms with E-state index in [4.69, 9.17) is 9.47 Å². The van der Waals surface area contributed by atoms with Gasteiger partial charge in [0.15, 0.2) is 0 Å². The van der Waals surface area contributed by atoms with E-state index < -0.39 is 17.5 Å². The van der Waals surface area contributed by atoms with Crippen molar-refractivity contribution in [2.45, 2.75) is 32.8 Å². The van der Waals surface area contributed by atoms with Gasteiger partial charge in [-0.15, -0.1) is 0 Å². The largest absolute Gasteiger partial charge is 0.466 e. The van der Waals surface area contributed by atoms with E-state index in [0.29, 0.717) is 17.6 Å². The standard InChI is InChI=1S/C22H22O4/c1-14-10-11-16(12-15(14)2)13-18-19(17-8-6-5-7-9-17)22(3,21(24)25-4)26-20(18)23/h5-12H,13H2,1-4H3. The van der Waals surface area contributed by atoms with Gasteiger partial charge >= 0.3 is 11.9 Å². The zero-order valence-corrected chi connectivity index (χ0v) is 15.5. The fourth-order valence-electron chi connectivity index (χ4n) is 3.36. The molecule has 0 saturated heterocycles. The first-order chi connectivity index (χ1) is 12.4. The van der Waals surface area contributed by atoms with Crippen LogP contribution in [0.25, 0.3) is 5.57 Å². The second kappa shape index (κ2) is 6.79. The minimum Gasteiger partial charge on any atom is -0.466 e. The maximum absolute atomic E-state index is 12.7. The molecule has 0 aromatic heterocycles. The second-order valence-electron chi connectivity index (χ2n) is 6.73. The summed E-state index contributed by atoms with van der Waals surface area (Å²) in [6.45, 7) is 5.68. The van der Waals surface area contributed by atoms with Crippen LogP contribution < -0.4 is 0 Å². The Hall–Kier alpha value is -2.88. The molecule has 134 valence electrons. The van der Waals surface area contributed by atoms with E-state index in [2.05, 4.69) is 6.07 Å². The van der Waals surface area contributed by atoms with Gasteiger partial charge in [0.2, 0.25) is 5.60 Å². The first-order valence-electron chi connectivity index (χ1n) is 8.53. The maximum Gasteiger partial charge on any atom is 0.354 e. The molecular formula is C22H22O4. The van der Waals surface area contributed by atoms with Crippen molar-refractivity contribution in [3.63, 3.8) is 0 Å². The number of benzene rings is 2. The minimum atomic E-state index is -1.44. The molecule has 2 aromatic carbocycles. The van der Waals surface area contributed by atoms with Crippen molar-refractivity contribution in [3.05, 3.63) is 76.4 Å². The van der Waals surface area contributed by atoms with Crippen LogP contribution in [0.2, 0.25) is 0 Å². The third kappa shape index (κ3) is 3.03. The fraction of sp³-hybridized carbons (Fsp3) is 0.273. The molecule has 1 heterocycles. The summed E-state index contributed by atoms with van der Waals surface area (Å²) in [7, 11) is 1.30. The Morgan fingerprint density at radius 2 is 1.77 bits per heavy atom. The predicted molar refractivity (Wildman–Crippen MR) is 99.5 cm³/mol. The summed E-state index contributed by atoms with van der Waals surface area (Å²) in [4.78, 5) is 25.1. The average molecular weight is 350 g/mol. The number of hydrogen-bond acceptors (Lipinski definition) is 4. The highest BCUT2D eigenvalue weighted by atomic mass is 16.6. The first kappa shape index (κ1) is 17.9. The summed E-state index contributed by atoms with van der Waals surface area (Å²) in [6.07, 6.45) is 0.400. The van der Waals surface area contributed by atoms with Gasteiger partial charge in [0.1, 0.15) is 0 Å². The van der Waals surface area contributed by atoms with Crippen molar-refractivity contribution in [2.75, 3.05) is 7.11 Å². The van der Waals surface area contributed by atoms with Gasteiger partial charge in [-0.2, -0.15) is 0 Å². The third-order valence-corrected chi connectivity index (χ3v) is 4.91. The van der Waals surface area contributed by atoms with E-state index in [1.165, 1.54) is 12.7 Å². The van der Waals surface area contributed by atoms with Gasteiger partial charge in [-0.25, -0.2) is 9.59 Å². The molecule has 0 fully saturated rings. The number of aryl methyl sites for hydroxylation is 2. The molecule has 3 rings (SSSR count). The normalized spacial score (nSPS) is 19.5. The van der Waals surface area contributed by atoms with Gasteiger partial charge in [-0.05, 0) is 43.0 Å². The number of hydrogen-bond donors (Lipinski definition) is 0. The third-order valence-electron chi connectivity index (χ3n) is 4.91. The molecule has 1 unspecified atom stereocenters. The summed E-state index contributed by atoms with van der Waals surface area (Å²) in [5.74, 6) is -1.06. The van der Waals surface area contributed by atoms with Crippen molar-refractivity contribution in [1.29, 1.82) is 0 Å². The minimum absolute atomic E-state index is 0.400. The average Bonchev–Trinajstić information content (AvgIpc) is 2.89. The number of methoxy groups -OCH3 is 1. The van der Waals surface area contributed by atoms with Crippen LogP contribution in [0.1, 0.15) is 29.2 Å². The number of carbonyl (C=O) groups excluding carboxylic acids is 2. The SMILES string of the molecule is COC(=O)C1(C)OC(=O)C(Cc2ccc(C)c(C)c2)=C1c1ccccc1. The lowest BCUT2D eigenvalue weighted by molar-refractivity contribution is -0.166. The molecule has 2 aromatic rings. The molecular weight excluding hydrogens is 328 g/mol. The van der Waals surface area contributed by atoms with Crippen molar-refractivity contribution in [3.8, 4) is 0 Å². The van der Waals surface area contributed by atoms with E-state index in [1.807, 2.05) is 56.3 Å². The van der Waals surface area contributed by atoms with Crippen LogP contribution in [0.15, 0.2) is 54.1 Å². The van der Waals surface area contributed by atoms with E-state index >= 15 is 0 Å². The van der Waals surface area contributed by atoms with Gasteiger partial charge in [0, 0.05) is 17.6 Å². The quantitative estimate of drug-likeness (QED) is 0.787. The van der Waals surface area contributed by atoms with E-state index in [0.717, 1.165) is 16.7 Å². The summed E-state index contributed by atoms with van der Waals surface area (Å²) in [5, 5.41) is 0. The Morgan fingerprint density at radius 1 is 1.08 bits per heavy atom. The lowest BCUT2D eigenvalue weighted by atomic mass is 9.86. The Kier molecular flexibility index (Phi) is 4.68. The molecule has 0 spiro atoms. The maximum atomic E-state index is 12.7. The Bertz CT molecular complexity index is 896. The molecule has 1 aliphatic rings. The van der Waals surface area contributed by atoms with Crippen LogP contribution in [0.4, 0.5) is 0 Å². The van der Waals surface area contributed by atoms with E-state index in [-0.39, 0.29) is 0 Å². The molecule has 1 aliphatic heterocycles. The fourth-order valence-corrected chi connectivity index (χ4v) is 3.36. The van der Waals surface area contributed by atoms with Crippen LogP contribution in [-0.2, 0) is 25.5 Å². The summed E-state index contributed by atoms with van der Waals surface area (Å²) in [6, 6.07) is 15.5. The van der Waals surface area contributed by atoms with Gasteiger partial charge < -0.3 is 9.47 Å². The second-order valence-corrected chi connectivity index (χ2v) is 6.73. The van der Waals surface area contributed by atoms with E-state index in [1.54, 1.807) is 6.92 Å². The van der Waals surface area contributed by atoms with Crippen molar-refractivity contribution >= 4 is 17.5 Å². The van der Waals surface area contributed by atoms with Crippen molar-refractivity contribution in [1.82, 2.24) is 0 Å². The zero-order chi connectivity index (χ0) is 18.9. The molecule has 0 radical (unpaired) electrons. The van der Waals surface area contributed by atoms with Gasteiger partial charge in [-0.1, -0.05) is 48.5 Å². The first-order valence-corrected chi connectivity index (χ1v) is 8.53. The predicted octanol–water partition coefficient (Wildman–Crippen LogP) is 3.79. The molecule has 0 bridgehead atoms. The zero-order valence-electron chi connectivity index (χ0n) is 15.5. The highest BCUT2D eigenvalue weighted by Gasteiger charge is 2.51. The van der Waals surface area contributed by atoms with E-state index in [9.17, 15) is 9.59 Å². The number of rotatable bonds is 4. The molecule has 26 heavy (non-hydrogen) atoms. The van der Waals surface area contributed by atoms with Crippen LogP contribution in [0, 0.1) is 13.8 Å². The monoisotopic (exact) mass is 350 g/mol. The smallest absolute Gasteiger partial charge is 0.354 e. The van der Waals surface area contributed by atoms with Crippen LogP contribution in [0.5, 0.6) is 0 Å². The molecule has 0 saturated carbocycles. The Balaban J connectivity index is 2.15. The van der Waals surface area contributed by atoms with Gasteiger partial charge in [-0.3, -0.25) is 0 Å². The van der Waals surface area contributed by atoms with Crippen LogP contribution in [0.3, 0.4) is 0 Å². The van der Waals surface area contributed by atoms with Gasteiger partial charge in [0.05, 0.1) is 7.11 Å². The lowest BCUT2D eigenvalue weighted by Crippen LogP contribution is -2.38. The highest BCUT2D eigenvalue weighted by Crippen LogP contribution is 2.41. The lowest BCUT2D eigenvalue weighted by Gasteiger charge is -2.23. The number of cyclic esters (lactones) is 1. The number of carbonyl (C=O) groups is 2. The highest BCUT2D eigenvalue weighted by molar-refractivity contribution is 6.12. The molecule has 4 heteroatoms. The summed E-state index contributed by atoms with van der Waals surface area (Å²) < 4.78 is 10.4.